The summed E-state index contributed by atoms with van der Waals surface area (Å²) in [6, 6.07) is -0.559. The van der Waals surface area contributed by atoms with Crippen molar-refractivity contribution in [1.29, 1.82) is 0 Å². The molecule has 0 radical (unpaired) electrons. The summed E-state index contributed by atoms with van der Waals surface area (Å²) in [7, 11) is 1.73. The SMILES string of the molecule is C=CCCC(=O)N1C2C=CC(=O)C=C2C2C(C)C1C#C/C=C\C#CC2C(CCC)OC.CC. The molecular weight excluding hydrogens is 410 g/mol. The van der Waals surface area contributed by atoms with E-state index < -0.39 is 0 Å². The minimum atomic E-state index is -0.289. The topological polar surface area (TPSA) is 46.6 Å². The van der Waals surface area contributed by atoms with Gasteiger partial charge in [-0.2, -0.15) is 0 Å². The van der Waals surface area contributed by atoms with Crippen molar-refractivity contribution < 1.29 is 14.3 Å². The van der Waals surface area contributed by atoms with Crippen LogP contribution in [0.5, 0.6) is 0 Å². The molecule has 4 heteroatoms. The third-order valence-electron chi connectivity index (χ3n) is 6.39. The van der Waals surface area contributed by atoms with Gasteiger partial charge in [0, 0.05) is 19.4 Å². The maximum atomic E-state index is 13.3. The van der Waals surface area contributed by atoms with E-state index >= 15 is 0 Å². The fraction of sp³-hybridized carbons (Fsp3) is 0.517. The first kappa shape index (κ1) is 26.4. The lowest BCUT2D eigenvalue weighted by atomic mass is 9.65. The molecule has 6 unspecified atom stereocenters. The van der Waals surface area contributed by atoms with E-state index in [2.05, 4.69) is 44.1 Å². The molecule has 1 heterocycles. The number of ether oxygens (including phenoxy) is 1. The average Bonchev–Trinajstić information content (AvgIpc) is 2.82. The second-order valence-corrected chi connectivity index (χ2v) is 8.31. The number of hydrogen-bond acceptors (Lipinski definition) is 3. The van der Waals surface area contributed by atoms with Crippen molar-refractivity contribution in [2.45, 2.75) is 71.6 Å². The Morgan fingerprint density at radius 1 is 1.27 bits per heavy atom. The van der Waals surface area contributed by atoms with Crippen LogP contribution in [-0.2, 0) is 14.3 Å². The maximum absolute atomic E-state index is 13.3. The fourth-order valence-corrected chi connectivity index (χ4v) is 4.97. The predicted octanol–water partition coefficient (Wildman–Crippen LogP) is 4.88. The molecule has 0 aromatic carbocycles. The van der Waals surface area contributed by atoms with Crippen LogP contribution in [0, 0.1) is 41.4 Å². The minimum absolute atomic E-state index is 0.00212. The number of rotatable bonds is 7. The van der Waals surface area contributed by atoms with Gasteiger partial charge in [0.25, 0.3) is 0 Å². The molecule has 33 heavy (non-hydrogen) atoms. The first-order valence-electron chi connectivity index (χ1n) is 12.1. The van der Waals surface area contributed by atoms with Crippen LogP contribution in [0.4, 0.5) is 0 Å². The molecule has 2 aliphatic carbocycles. The molecule has 1 aliphatic heterocycles. The number of carbonyl (C=O) groups is 2. The quantitative estimate of drug-likeness (QED) is 0.413. The van der Waals surface area contributed by atoms with E-state index in [9.17, 15) is 9.59 Å². The molecule has 0 aromatic rings. The third-order valence-corrected chi connectivity index (χ3v) is 6.39. The fourth-order valence-electron chi connectivity index (χ4n) is 4.97. The summed E-state index contributed by atoms with van der Waals surface area (Å²) in [5.74, 6) is 12.8. The van der Waals surface area contributed by atoms with Gasteiger partial charge in [0.2, 0.25) is 5.91 Å². The maximum Gasteiger partial charge on any atom is 0.224 e. The molecule has 1 amide bonds. The first-order chi connectivity index (χ1) is 16.0. The molecular formula is C29H37NO3. The van der Waals surface area contributed by atoms with Crippen LogP contribution in [0.15, 0.2) is 48.6 Å². The summed E-state index contributed by atoms with van der Waals surface area (Å²) >= 11 is 0. The van der Waals surface area contributed by atoms with Crippen LogP contribution >= 0.6 is 0 Å². The van der Waals surface area contributed by atoms with E-state index in [1.54, 1.807) is 37.5 Å². The van der Waals surface area contributed by atoms with Crippen LogP contribution in [0.1, 0.15) is 53.4 Å². The van der Waals surface area contributed by atoms with Crippen molar-refractivity contribution >= 4 is 11.7 Å². The second-order valence-electron chi connectivity index (χ2n) is 8.31. The largest absolute Gasteiger partial charge is 0.380 e. The Labute approximate surface area is 199 Å². The number of nitrogens with zero attached hydrogens (tertiary/aromatic N) is 1. The van der Waals surface area contributed by atoms with Gasteiger partial charge in [0.1, 0.15) is 0 Å². The van der Waals surface area contributed by atoms with Gasteiger partial charge in [-0.25, -0.2) is 0 Å². The summed E-state index contributed by atoms with van der Waals surface area (Å²) in [6.07, 6.45) is 13.2. The van der Waals surface area contributed by atoms with Gasteiger partial charge in [-0.1, -0.05) is 69.9 Å². The van der Waals surface area contributed by atoms with Crippen molar-refractivity contribution in [2.75, 3.05) is 7.11 Å². The molecule has 3 aliphatic rings. The lowest BCUT2D eigenvalue weighted by Gasteiger charge is -2.51. The number of ketones is 1. The number of hydrogen-bond donors (Lipinski definition) is 0. The summed E-state index contributed by atoms with van der Waals surface area (Å²) in [4.78, 5) is 27.5. The molecule has 4 nitrogen and oxygen atoms in total. The molecule has 0 spiro atoms. The Bertz CT molecular complexity index is 933. The molecule has 1 fully saturated rings. The summed E-state index contributed by atoms with van der Waals surface area (Å²) in [6.45, 7) is 12.0. The summed E-state index contributed by atoms with van der Waals surface area (Å²) < 4.78 is 5.89. The first-order valence-corrected chi connectivity index (χ1v) is 12.1. The van der Waals surface area contributed by atoms with Gasteiger partial charge in [0.05, 0.1) is 24.1 Å². The summed E-state index contributed by atoms with van der Waals surface area (Å²) in [5.41, 5.74) is 0.951. The number of amides is 1. The Morgan fingerprint density at radius 3 is 2.61 bits per heavy atom. The number of allylic oxidation sites excluding steroid dienone is 5. The van der Waals surface area contributed by atoms with Gasteiger partial charge in [-0.15, -0.1) is 6.58 Å². The molecule has 2 bridgehead atoms. The van der Waals surface area contributed by atoms with Crippen molar-refractivity contribution in [3.05, 3.63) is 48.6 Å². The van der Waals surface area contributed by atoms with Gasteiger partial charge in [-0.3, -0.25) is 9.59 Å². The molecule has 176 valence electrons. The van der Waals surface area contributed by atoms with Crippen molar-refractivity contribution in [2.24, 2.45) is 17.8 Å². The molecule has 0 aromatic heterocycles. The second kappa shape index (κ2) is 13.0. The minimum Gasteiger partial charge on any atom is -0.380 e. The van der Waals surface area contributed by atoms with Crippen LogP contribution in [0.3, 0.4) is 0 Å². The monoisotopic (exact) mass is 447 g/mol. The Kier molecular flexibility index (Phi) is 10.4. The van der Waals surface area contributed by atoms with Crippen LogP contribution < -0.4 is 0 Å². The number of fused-ring (bicyclic) bond motifs is 4. The molecule has 0 saturated carbocycles. The lowest BCUT2D eigenvalue weighted by molar-refractivity contribution is -0.137. The highest BCUT2D eigenvalue weighted by Crippen LogP contribution is 2.45. The van der Waals surface area contributed by atoms with E-state index in [0.717, 1.165) is 18.4 Å². The van der Waals surface area contributed by atoms with E-state index in [-0.39, 0.29) is 47.6 Å². The summed E-state index contributed by atoms with van der Waals surface area (Å²) in [5, 5.41) is 0. The standard InChI is InChI=1S/C27H31NO3.C2H6/c1-5-7-15-26(30)28-23-14-11-9-8-10-13-21(25(31-4)12-6-2)27(19(23)3)22-18-20(29)16-17-24(22)28;1-2/h5,8-9,16-19,21,23-25,27H,1,6-7,12,15H2,2-4H3;1-2H3/b9-8-;. The molecule has 1 saturated heterocycles. The van der Waals surface area contributed by atoms with Crippen molar-refractivity contribution in [1.82, 2.24) is 4.90 Å². The third kappa shape index (κ3) is 5.95. The zero-order valence-corrected chi connectivity index (χ0v) is 20.6. The van der Waals surface area contributed by atoms with Gasteiger partial charge in [-0.05, 0) is 48.6 Å². The zero-order chi connectivity index (χ0) is 24.4. The number of methoxy groups -OCH3 is 1. The Morgan fingerprint density at radius 2 is 1.97 bits per heavy atom. The van der Waals surface area contributed by atoms with Crippen molar-refractivity contribution in [3.63, 3.8) is 0 Å². The lowest BCUT2D eigenvalue weighted by Crippen LogP contribution is -2.58. The van der Waals surface area contributed by atoms with E-state index in [4.69, 9.17) is 4.74 Å². The normalized spacial score (nSPS) is 28.9. The predicted molar refractivity (Wildman–Crippen MR) is 134 cm³/mol. The number of piperidine rings is 1. The number of likely N-dealkylation sites (tertiary alicyclic amines) is 1. The average molecular weight is 448 g/mol. The van der Waals surface area contributed by atoms with Crippen molar-refractivity contribution in [3.8, 4) is 23.7 Å². The highest BCUT2D eigenvalue weighted by atomic mass is 16.5. The van der Waals surface area contributed by atoms with E-state index in [1.807, 2.05) is 24.8 Å². The van der Waals surface area contributed by atoms with E-state index in [0.29, 0.717) is 12.8 Å². The highest BCUT2D eigenvalue weighted by molar-refractivity contribution is 6.01. The highest BCUT2D eigenvalue weighted by Gasteiger charge is 2.49. The van der Waals surface area contributed by atoms with Gasteiger partial charge >= 0.3 is 0 Å². The zero-order valence-electron chi connectivity index (χ0n) is 20.6. The molecule has 6 atom stereocenters. The van der Waals surface area contributed by atoms with Crippen LogP contribution in [0.2, 0.25) is 0 Å². The Hall–Kier alpha value is -2.82. The van der Waals surface area contributed by atoms with Crippen LogP contribution in [0.25, 0.3) is 0 Å². The number of carbonyl (C=O) groups excluding carboxylic acids is 2. The van der Waals surface area contributed by atoms with Gasteiger partial charge < -0.3 is 9.64 Å². The smallest absolute Gasteiger partial charge is 0.224 e. The van der Waals surface area contributed by atoms with E-state index in [1.165, 1.54) is 0 Å². The van der Waals surface area contributed by atoms with Crippen LogP contribution in [-0.4, -0.2) is 41.9 Å². The Balaban J connectivity index is 0.00000187. The van der Waals surface area contributed by atoms with Gasteiger partial charge in [0.15, 0.2) is 5.78 Å². The molecule has 3 rings (SSSR count). The molecule has 0 N–H and O–H groups in total.